The Balaban J connectivity index is 1.53. The van der Waals surface area contributed by atoms with Crippen molar-refractivity contribution in [3.8, 4) is 11.5 Å². The first-order valence-corrected chi connectivity index (χ1v) is 12.9. The number of ether oxygens (including phenoxy) is 2. The van der Waals surface area contributed by atoms with E-state index in [1.807, 2.05) is 62.4 Å². The molecule has 0 aliphatic rings. The van der Waals surface area contributed by atoms with Crippen LogP contribution in [-0.2, 0) is 20.8 Å². The van der Waals surface area contributed by atoms with Gasteiger partial charge in [-0.15, -0.1) is 0 Å². The number of rotatable bonds is 10. The molecule has 3 amide bonds. The molecule has 0 aromatic heterocycles. The average molecular weight is 628 g/mol. The highest BCUT2D eigenvalue weighted by Gasteiger charge is 2.15. The maximum Gasteiger partial charge on any atom is 0.329 e. The number of nitrogens with zero attached hydrogens (tertiary/aromatic N) is 1. The summed E-state index contributed by atoms with van der Waals surface area (Å²) in [6.07, 6.45) is 2.00. The van der Waals surface area contributed by atoms with Crippen molar-refractivity contribution in [3.05, 3.63) is 86.5 Å². The van der Waals surface area contributed by atoms with Gasteiger partial charge in [0.2, 0.25) is 0 Å². The zero-order chi connectivity index (χ0) is 27.5. The number of anilines is 1. The van der Waals surface area contributed by atoms with Crippen molar-refractivity contribution < 1.29 is 23.9 Å². The molecule has 38 heavy (non-hydrogen) atoms. The topological polar surface area (TPSA) is 118 Å². The maximum atomic E-state index is 12.5. The molecule has 10 heteroatoms. The van der Waals surface area contributed by atoms with Gasteiger partial charge in [0, 0.05) is 12.2 Å². The number of methoxy groups -OCH3 is 1. The number of halogens is 1. The number of benzene rings is 3. The third kappa shape index (κ3) is 8.30. The van der Waals surface area contributed by atoms with Gasteiger partial charge >= 0.3 is 11.8 Å². The zero-order valence-corrected chi connectivity index (χ0v) is 23.5. The second-order valence-electron chi connectivity index (χ2n) is 8.33. The lowest BCUT2D eigenvalue weighted by Crippen LogP contribution is -2.38. The number of carbonyl (C=O) groups excluding carboxylic acids is 3. The molecular formula is C28H29IN4O5. The third-order valence-electron chi connectivity index (χ3n) is 5.47. The Labute approximate surface area is 235 Å². The summed E-state index contributed by atoms with van der Waals surface area (Å²) in [7, 11) is 1.48. The van der Waals surface area contributed by atoms with E-state index in [-0.39, 0.29) is 12.5 Å². The Morgan fingerprint density at radius 2 is 1.68 bits per heavy atom. The van der Waals surface area contributed by atoms with Crippen LogP contribution in [0.15, 0.2) is 65.8 Å². The molecule has 3 aromatic rings. The lowest BCUT2D eigenvalue weighted by molar-refractivity contribution is -0.139. The number of aryl methyl sites for hydroxylation is 2. The monoisotopic (exact) mass is 628 g/mol. The Morgan fingerprint density at radius 3 is 2.37 bits per heavy atom. The van der Waals surface area contributed by atoms with E-state index >= 15 is 0 Å². The minimum atomic E-state index is -0.870. The van der Waals surface area contributed by atoms with E-state index in [0.29, 0.717) is 33.6 Å². The van der Waals surface area contributed by atoms with Crippen LogP contribution in [0.5, 0.6) is 11.5 Å². The van der Waals surface area contributed by atoms with E-state index in [1.165, 1.54) is 13.3 Å². The molecule has 9 nitrogen and oxygen atoms in total. The molecule has 0 bridgehead atoms. The van der Waals surface area contributed by atoms with E-state index in [0.717, 1.165) is 22.4 Å². The fraction of sp³-hybridized carbons (Fsp3) is 0.214. The van der Waals surface area contributed by atoms with Crippen LogP contribution >= 0.6 is 22.6 Å². The quantitative estimate of drug-likeness (QED) is 0.137. The number of nitrogens with one attached hydrogen (secondary N) is 3. The molecule has 0 saturated heterocycles. The van der Waals surface area contributed by atoms with Crippen LogP contribution in [0.25, 0.3) is 0 Å². The predicted molar refractivity (Wildman–Crippen MR) is 155 cm³/mol. The molecule has 3 N–H and O–H groups in total. The standard InChI is InChI=1S/C28H29IN4O5/c1-18-8-7-9-19(2)25(18)32-24(34)17-38-26-22(29)14-21(15-23(26)37-3)16-31-33-28(36)27(35)30-13-12-20-10-5-4-6-11-20/h4-11,14-16H,12-13,17H2,1-3H3,(H,30,35)(H,32,34)(H,33,36). The molecule has 0 atom stereocenters. The van der Waals surface area contributed by atoms with Crippen LogP contribution in [-0.4, -0.2) is 44.2 Å². The average Bonchev–Trinajstić information content (AvgIpc) is 2.90. The van der Waals surface area contributed by atoms with Gasteiger partial charge in [-0.25, -0.2) is 5.43 Å². The molecule has 3 aromatic carbocycles. The number of hydrogen-bond donors (Lipinski definition) is 3. The van der Waals surface area contributed by atoms with Crippen molar-refractivity contribution in [1.82, 2.24) is 10.7 Å². The van der Waals surface area contributed by atoms with Crippen LogP contribution in [0.2, 0.25) is 0 Å². The Kier molecular flexibility index (Phi) is 10.6. The Bertz CT molecular complexity index is 1310. The molecule has 0 aliphatic heterocycles. The Morgan fingerprint density at radius 1 is 0.974 bits per heavy atom. The molecule has 198 valence electrons. The predicted octanol–water partition coefficient (Wildman–Crippen LogP) is 3.74. The van der Waals surface area contributed by atoms with Crippen LogP contribution in [0.3, 0.4) is 0 Å². The fourth-order valence-corrected chi connectivity index (χ4v) is 4.32. The van der Waals surface area contributed by atoms with Gasteiger partial charge in [-0.3, -0.25) is 14.4 Å². The molecule has 0 radical (unpaired) electrons. The normalized spacial score (nSPS) is 10.6. The van der Waals surface area contributed by atoms with Crippen LogP contribution in [0.1, 0.15) is 22.3 Å². The molecule has 0 saturated carbocycles. The zero-order valence-electron chi connectivity index (χ0n) is 21.3. The van der Waals surface area contributed by atoms with Crippen molar-refractivity contribution in [2.75, 3.05) is 25.6 Å². The lowest BCUT2D eigenvalue weighted by atomic mass is 10.1. The first kappa shape index (κ1) is 28.6. The minimum absolute atomic E-state index is 0.205. The van der Waals surface area contributed by atoms with Crippen molar-refractivity contribution in [2.24, 2.45) is 5.10 Å². The minimum Gasteiger partial charge on any atom is -0.493 e. The Hall–Kier alpha value is -3.93. The van der Waals surface area contributed by atoms with Gasteiger partial charge in [0.1, 0.15) is 0 Å². The number of hydrogen-bond acceptors (Lipinski definition) is 6. The van der Waals surface area contributed by atoms with Crippen LogP contribution < -0.4 is 25.5 Å². The number of para-hydroxylation sites is 1. The van der Waals surface area contributed by atoms with E-state index < -0.39 is 11.8 Å². The summed E-state index contributed by atoms with van der Waals surface area (Å²) >= 11 is 2.06. The molecule has 0 fully saturated rings. The van der Waals surface area contributed by atoms with Gasteiger partial charge in [0.15, 0.2) is 18.1 Å². The first-order valence-electron chi connectivity index (χ1n) is 11.8. The van der Waals surface area contributed by atoms with E-state index in [1.54, 1.807) is 12.1 Å². The van der Waals surface area contributed by atoms with Crippen molar-refractivity contribution >= 4 is 52.2 Å². The van der Waals surface area contributed by atoms with Crippen molar-refractivity contribution in [1.29, 1.82) is 0 Å². The van der Waals surface area contributed by atoms with E-state index in [4.69, 9.17) is 9.47 Å². The van der Waals surface area contributed by atoms with Crippen molar-refractivity contribution in [3.63, 3.8) is 0 Å². The third-order valence-corrected chi connectivity index (χ3v) is 6.27. The smallest absolute Gasteiger partial charge is 0.329 e. The largest absolute Gasteiger partial charge is 0.493 e. The first-order chi connectivity index (χ1) is 18.3. The highest BCUT2D eigenvalue weighted by molar-refractivity contribution is 14.1. The number of hydrazone groups is 1. The van der Waals surface area contributed by atoms with Gasteiger partial charge in [-0.2, -0.15) is 5.10 Å². The second-order valence-corrected chi connectivity index (χ2v) is 9.49. The summed E-state index contributed by atoms with van der Waals surface area (Å²) in [5.41, 5.74) is 6.57. The van der Waals surface area contributed by atoms with E-state index in [9.17, 15) is 14.4 Å². The summed E-state index contributed by atoms with van der Waals surface area (Å²) in [5.74, 6) is -1.14. The molecule has 0 heterocycles. The summed E-state index contributed by atoms with van der Waals surface area (Å²) in [6.45, 7) is 3.98. The van der Waals surface area contributed by atoms with Crippen LogP contribution in [0.4, 0.5) is 5.69 Å². The summed E-state index contributed by atoms with van der Waals surface area (Å²) < 4.78 is 11.9. The molecule has 3 rings (SSSR count). The fourth-order valence-electron chi connectivity index (χ4n) is 3.54. The maximum absolute atomic E-state index is 12.5. The van der Waals surface area contributed by atoms with Gasteiger partial charge in [0.25, 0.3) is 5.91 Å². The molecular weight excluding hydrogens is 599 g/mol. The second kappa shape index (κ2) is 14.1. The van der Waals surface area contributed by atoms with Gasteiger partial charge in [0.05, 0.1) is 16.9 Å². The SMILES string of the molecule is COc1cc(C=NNC(=O)C(=O)NCCc2ccccc2)cc(I)c1OCC(=O)Nc1c(C)cccc1C. The highest BCUT2D eigenvalue weighted by atomic mass is 127. The van der Waals surface area contributed by atoms with Crippen molar-refractivity contribution in [2.45, 2.75) is 20.3 Å². The summed E-state index contributed by atoms with van der Waals surface area (Å²) in [6, 6.07) is 18.8. The molecule has 0 spiro atoms. The summed E-state index contributed by atoms with van der Waals surface area (Å²) in [5, 5.41) is 9.31. The van der Waals surface area contributed by atoms with Crippen LogP contribution in [0, 0.1) is 17.4 Å². The lowest BCUT2D eigenvalue weighted by Gasteiger charge is -2.15. The number of amides is 3. The number of carbonyl (C=O) groups is 3. The highest BCUT2D eigenvalue weighted by Crippen LogP contribution is 2.33. The summed E-state index contributed by atoms with van der Waals surface area (Å²) in [4.78, 5) is 36.5. The van der Waals surface area contributed by atoms with Gasteiger partial charge in [-0.05, 0) is 77.2 Å². The van der Waals surface area contributed by atoms with E-state index in [2.05, 4.69) is 43.8 Å². The van der Waals surface area contributed by atoms with Gasteiger partial charge < -0.3 is 20.1 Å². The molecule has 0 unspecified atom stereocenters. The van der Waals surface area contributed by atoms with Gasteiger partial charge in [-0.1, -0.05) is 48.5 Å². The molecule has 0 aliphatic carbocycles.